The Balaban J connectivity index is 2.02. The second-order valence-corrected chi connectivity index (χ2v) is 8.47. The second-order valence-electron chi connectivity index (χ2n) is 3.61. The van der Waals surface area contributed by atoms with Crippen LogP contribution in [-0.4, -0.2) is 24.5 Å². The van der Waals surface area contributed by atoms with Crippen molar-refractivity contribution >= 4 is 32.3 Å². The standard InChI is InChI=1S/C12H12O3S3/c13-17(12-7-4-8-16-12)9-10-18(14,15)11-5-2-1-3-6-11/h1-8H,9-10H2. The first-order valence-electron chi connectivity index (χ1n) is 5.29. The third-order valence-electron chi connectivity index (χ3n) is 2.36. The van der Waals surface area contributed by atoms with Crippen molar-refractivity contribution in [1.29, 1.82) is 0 Å². The van der Waals surface area contributed by atoms with E-state index in [0.29, 0.717) is 0 Å². The Hall–Kier alpha value is -0.820. The fourth-order valence-corrected chi connectivity index (χ4v) is 5.44. The van der Waals surface area contributed by atoms with Gasteiger partial charge in [-0.25, -0.2) is 8.42 Å². The summed E-state index contributed by atoms with van der Waals surface area (Å²) in [6, 6.07) is 11.8. The minimum absolute atomic E-state index is 0.0957. The fourth-order valence-electron chi connectivity index (χ4n) is 1.42. The van der Waals surface area contributed by atoms with E-state index in [1.54, 1.807) is 36.4 Å². The van der Waals surface area contributed by atoms with E-state index in [-0.39, 0.29) is 16.4 Å². The fraction of sp³-hybridized carbons (Fsp3) is 0.167. The van der Waals surface area contributed by atoms with Gasteiger partial charge < -0.3 is 4.55 Å². The van der Waals surface area contributed by atoms with Crippen LogP contribution in [0.3, 0.4) is 0 Å². The molecule has 0 aliphatic rings. The number of hydrogen-bond acceptors (Lipinski definition) is 4. The predicted octanol–water partition coefficient (Wildman–Crippen LogP) is 2.33. The van der Waals surface area contributed by atoms with Gasteiger partial charge in [0.25, 0.3) is 0 Å². The highest BCUT2D eigenvalue weighted by molar-refractivity contribution is 7.96. The lowest BCUT2D eigenvalue weighted by molar-refractivity contribution is 0.588. The van der Waals surface area contributed by atoms with E-state index in [9.17, 15) is 13.0 Å². The van der Waals surface area contributed by atoms with Gasteiger partial charge in [-0.05, 0) is 34.8 Å². The largest absolute Gasteiger partial charge is 0.611 e. The molecule has 0 aliphatic heterocycles. The van der Waals surface area contributed by atoms with E-state index in [1.165, 1.54) is 11.3 Å². The highest BCUT2D eigenvalue weighted by Crippen LogP contribution is 2.19. The van der Waals surface area contributed by atoms with Crippen molar-refractivity contribution in [3.63, 3.8) is 0 Å². The molecule has 1 aromatic carbocycles. The van der Waals surface area contributed by atoms with E-state index in [2.05, 4.69) is 0 Å². The number of thiophene rings is 1. The number of hydrogen-bond donors (Lipinski definition) is 0. The molecule has 6 heteroatoms. The van der Waals surface area contributed by atoms with Crippen molar-refractivity contribution in [3.05, 3.63) is 47.8 Å². The van der Waals surface area contributed by atoms with Crippen molar-refractivity contribution in [3.8, 4) is 0 Å². The summed E-state index contributed by atoms with van der Waals surface area (Å²) < 4.78 is 36.5. The van der Waals surface area contributed by atoms with E-state index >= 15 is 0 Å². The highest BCUT2D eigenvalue weighted by atomic mass is 32.2. The van der Waals surface area contributed by atoms with Crippen LogP contribution in [0.1, 0.15) is 0 Å². The Kier molecular flexibility index (Phi) is 4.45. The molecule has 0 spiro atoms. The van der Waals surface area contributed by atoms with Crippen molar-refractivity contribution in [2.75, 3.05) is 11.5 Å². The molecule has 0 radical (unpaired) electrons. The average molecular weight is 300 g/mol. The van der Waals surface area contributed by atoms with E-state index in [1.807, 2.05) is 11.4 Å². The van der Waals surface area contributed by atoms with E-state index in [4.69, 9.17) is 0 Å². The molecule has 0 saturated heterocycles. The Morgan fingerprint density at radius 3 is 2.44 bits per heavy atom. The summed E-state index contributed by atoms with van der Waals surface area (Å²) in [7, 11) is -3.33. The van der Waals surface area contributed by atoms with Crippen LogP contribution in [0, 0.1) is 0 Å². The molecule has 0 amide bonds. The topological polar surface area (TPSA) is 57.2 Å². The first-order chi connectivity index (χ1) is 8.59. The van der Waals surface area contributed by atoms with Gasteiger partial charge in [0.15, 0.2) is 9.84 Å². The highest BCUT2D eigenvalue weighted by Gasteiger charge is 2.20. The Morgan fingerprint density at radius 1 is 1.11 bits per heavy atom. The molecule has 0 saturated carbocycles. The molecule has 2 rings (SSSR count). The molecule has 1 unspecified atom stereocenters. The van der Waals surface area contributed by atoms with Crippen LogP contribution in [-0.2, 0) is 21.0 Å². The minimum atomic E-state index is -3.33. The molecule has 1 atom stereocenters. The van der Waals surface area contributed by atoms with Crippen LogP contribution in [0.15, 0.2) is 56.9 Å². The van der Waals surface area contributed by atoms with Gasteiger partial charge in [0.05, 0.1) is 10.6 Å². The van der Waals surface area contributed by atoms with Gasteiger partial charge in [0.1, 0.15) is 5.75 Å². The second kappa shape index (κ2) is 5.88. The first-order valence-corrected chi connectivity index (χ1v) is 9.14. The summed E-state index contributed by atoms with van der Waals surface area (Å²) in [6.45, 7) is 0. The molecule has 0 aliphatic carbocycles. The third-order valence-corrected chi connectivity index (χ3v) is 7.02. The molecular weight excluding hydrogens is 288 g/mol. The minimum Gasteiger partial charge on any atom is -0.611 e. The molecule has 1 heterocycles. The zero-order valence-electron chi connectivity index (χ0n) is 9.48. The molecule has 0 bridgehead atoms. The van der Waals surface area contributed by atoms with Crippen molar-refractivity contribution in [2.24, 2.45) is 0 Å². The molecule has 3 nitrogen and oxygen atoms in total. The lowest BCUT2D eigenvalue weighted by Gasteiger charge is -2.08. The van der Waals surface area contributed by atoms with Gasteiger partial charge in [0.2, 0.25) is 4.21 Å². The summed E-state index contributed by atoms with van der Waals surface area (Å²) in [5.41, 5.74) is 0. The van der Waals surface area contributed by atoms with Crippen LogP contribution in [0.4, 0.5) is 0 Å². The quantitative estimate of drug-likeness (QED) is 0.796. The molecule has 96 valence electrons. The zero-order valence-corrected chi connectivity index (χ0v) is 11.9. The van der Waals surface area contributed by atoms with Crippen LogP contribution >= 0.6 is 11.3 Å². The van der Waals surface area contributed by atoms with Gasteiger partial charge >= 0.3 is 0 Å². The SMILES string of the molecule is O=S(=O)(CC[S+]([O-])c1cccs1)c1ccccc1. The summed E-state index contributed by atoms with van der Waals surface area (Å²) in [5.74, 6) is 0.0409. The Labute approximate surface area is 114 Å². The van der Waals surface area contributed by atoms with Crippen LogP contribution in [0.5, 0.6) is 0 Å². The summed E-state index contributed by atoms with van der Waals surface area (Å²) in [5, 5.41) is 1.83. The van der Waals surface area contributed by atoms with Crippen molar-refractivity contribution < 1.29 is 13.0 Å². The number of rotatable bonds is 5. The number of sulfone groups is 1. The van der Waals surface area contributed by atoms with Gasteiger partial charge in [-0.1, -0.05) is 29.5 Å². The molecule has 18 heavy (non-hydrogen) atoms. The smallest absolute Gasteiger partial charge is 0.206 e. The predicted molar refractivity (Wildman–Crippen MR) is 74.1 cm³/mol. The van der Waals surface area contributed by atoms with Crippen LogP contribution in [0.25, 0.3) is 0 Å². The van der Waals surface area contributed by atoms with E-state index < -0.39 is 21.0 Å². The molecule has 2 aromatic rings. The molecule has 0 fully saturated rings. The normalized spacial score (nSPS) is 13.4. The monoisotopic (exact) mass is 300 g/mol. The average Bonchev–Trinajstić information content (AvgIpc) is 2.91. The summed E-state index contributed by atoms with van der Waals surface area (Å²) in [6.07, 6.45) is 0. The number of benzene rings is 1. The van der Waals surface area contributed by atoms with Crippen molar-refractivity contribution in [2.45, 2.75) is 9.10 Å². The maximum absolute atomic E-state index is 12.0. The lowest BCUT2D eigenvalue weighted by Crippen LogP contribution is -2.17. The Bertz CT molecular complexity index is 576. The van der Waals surface area contributed by atoms with Gasteiger partial charge in [-0.3, -0.25) is 0 Å². The van der Waals surface area contributed by atoms with Crippen LogP contribution < -0.4 is 0 Å². The van der Waals surface area contributed by atoms with Gasteiger partial charge in [-0.2, -0.15) is 0 Å². The summed E-state index contributed by atoms with van der Waals surface area (Å²) >= 11 is 0.149. The maximum Gasteiger partial charge on any atom is 0.206 e. The molecule has 0 N–H and O–H groups in total. The summed E-state index contributed by atoms with van der Waals surface area (Å²) in [4.78, 5) is 0.285. The molecular formula is C12H12O3S3. The zero-order chi connectivity index (χ0) is 13.0. The van der Waals surface area contributed by atoms with Gasteiger partial charge in [0, 0.05) is 6.07 Å². The van der Waals surface area contributed by atoms with Crippen molar-refractivity contribution in [1.82, 2.24) is 0 Å². The maximum atomic E-state index is 12.0. The van der Waals surface area contributed by atoms with Gasteiger partial charge in [-0.15, -0.1) is 0 Å². The first kappa shape index (κ1) is 13.6. The van der Waals surface area contributed by atoms with Crippen LogP contribution in [0.2, 0.25) is 0 Å². The molecule has 1 aromatic heterocycles. The third kappa shape index (κ3) is 3.35. The van der Waals surface area contributed by atoms with E-state index in [0.717, 1.165) is 4.21 Å². The Morgan fingerprint density at radius 2 is 1.83 bits per heavy atom. The lowest BCUT2D eigenvalue weighted by atomic mass is 10.4.